The quantitative estimate of drug-likeness (QED) is 0.650. The maximum Gasteiger partial charge on any atom is 0.307 e. The molecule has 1 aromatic heterocycles. The summed E-state index contributed by atoms with van der Waals surface area (Å²) < 4.78 is 7.17. The van der Waals surface area contributed by atoms with Gasteiger partial charge in [-0.3, -0.25) is 14.2 Å². The maximum atomic E-state index is 12.8. The highest BCUT2D eigenvalue weighted by atomic mass is 16.5. The Morgan fingerprint density at radius 1 is 1.08 bits per heavy atom. The Balaban J connectivity index is 1.85. The van der Waals surface area contributed by atoms with Crippen molar-refractivity contribution in [2.75, 3.05) is 6.61 Å². The molecule has 0 saturated heterocycles. The van der Waals surface area contributed by atoms with E-state index in [9.17, 15) is 9.59 Å². The molecule has 0 radical (unpaired) electrons. The number of nitrogens with zero attached hydrogens (tertiary/aromatic N) is 1. The lowest BCUT2D eigenvalue weighted by molar-refractivity contribution is -0.136. The van der Waals surface area contributed by atoms with Crippen LogP contribution in [0.5, 0.6) is 5.75 Å². The number of carbonyl (C=O) groups is 2. The Kier molecular flexibility index (Phi) is 5.37. The Morgan fingerprint density at radius 2 is 1.85 bits per heavy atom. The summed E-state index contributed by atoms with van der Waals surface area (Å²) in [6, 6.07) is 14.2. The number of rotatable bonds is 7. The third-order valence-electron chi connectivity index (χ3n) is 4.25. The number of fused-ring (bicyclic) bond motifs is 1. The molecule has 2 aromatic carbocycles. The second kappa shape index (κ2) is 7.87. The lowest BCUT2D eigenvalue weighted by Crippen LogP contribution is -2.10. The lowest BCUT2D eigenvalue weighted by Gasteiger charge is -2.08. The molecule has 1 N–H and O–H groups in total. The molecule has 134 valence electrons. The van der Waals surface area contributed by atoms with Gasteiger partial charge in [0.2, 0.25) is 0 Å². The smallest absolute Gasteiger partial charge is 0.307 e. The van der Waals surface area contributed by atoms with Crippen molar-refractivity contribution in [3.05, 3.63) is 65.9 Å². The van der Waals surface area contributed by atoms with Gasteiger partial charge in [-0.1, -0.05) is 25.5 Å². The molecule has 0 spiro atoms. The Bertz CT molecular complexity index is 925. The van der Waals surface area contributed by atoms with Crippen LogP contribution in [0.3, 0.4) is 0 Å². The molecule has 0 bridgehead atoms. The Labute approximate surface area is 151 Å². The first kappa shape index (κ1) is 17.7. The molecule has 0 aliphatic rings. The first-order valence-electron chi connectivity index (χ1n) is 8.68. The standard InChI is InChI=1S/C21H21NO4/c1-2-3-13-26-17-9-7-15(8-10-17)21(25)22-12-11-18-16(14-20(23)24)5-4-6-19(18)22/h4-12H,2-3,13-14H2,1H3,(H,23,24). The maximum absolute atomic E-state index is 12.8. The number of hydrogen-bond acceptors (Lipinski definition) is 3. The molecule has 26 heavy (non-hydrogen) atoms. The van der Waals surface area contributed by atoms with Crippen LogP contribution in [0, 0.1) is 0 Å². The van der Waals surface area contributed by atoms with Gasteiger partial charge in [-0.05, 0) is 48.4 Å². The van der Waals surface area contributed by atoms with Crippen LogP contribution < -0.4 is 4.74 Å². The van der Waals surface area contributed by atoms with Crippen molar-refractivity contribution in [3.8, 4) is 5.75 Å². The van der Waals surface area contributed by atoms with E-state index in [2.05, 4.69) is 6.92 Å². The fourth-order valence-corrected chi connectivity index (χ4v) is 2.89. The van der Waals surface area contributed by atoms with E-state index in [1.165, 1.54) is 0 Å². The van der Waals surface area contributed by atoms with Gasteiger partial charge in [0.1, 0.15) is 5.75 Å². The van der Waals surface area contributed by atoms with E-state index in [-0.39, 0.29) is 12.3 Å². The van der Waals surface area contributed by atoms with Gasteiger partial charge in [-0.2, -0.15) is 0 Å². The third kappa shape index (κ3) is 3.77. The first-order chi connectivity index (χ1) is 12.6. The van der Waals surface area contributed by atoms with Crippen LogP contribution in [0.15, 0.2) is 54.7 Å². The fourth-order valence-electron chi connectivity index (χ4n) is 2.89. The van der Waals surface area contributed by atoms with Gasteiger partial charge >= 0.3 is 5.97 Å². The zero-order valence-electron chi connectivity index (χ0n) is 14.6. The van der Waals surface area contributed by atoms with Gasteiger partial charge in [0.15, 0.2) is 0 Å². The average molecular weight is 351 g/mol. The van der Waals surface area contributed by atoms with E-state index in [0.29, 0.717) is 23.3 Å². The number of aromatic nitrogens is 1. The summed E-state index contributed by atoms with van der Waals surface area (Å²) in [4.78, 5) is 23.8. The number of carboxylic acids is 1. The highest BCUT2D eigenvalue weighted by Crippen LogP contribution is 2.22. The van der Waals surface area contributed by atoms with Crippen molar-refractivity contribution < 1.29 is 19.4 Å². The van der Waals surface area contributed by atoms with E-state index < -0.39 is 5.97 Å². The summed E-state index contributed by atoms with van der Waals surface area (Å²) in [5.74, 6) is -0.307. The van der Waals surface area contributed by atoms with E-state index in [4.69, 9.17) is 9.84 Å². The SMILES string of the molecule is CCCCOc1ccc(C(=O)n2ccc3c(CC(=O)O)cccc32)cc1. The normalized spacial score (nSPS) is 10.8. The highest BCUT2D eigenvalue weighted by Gasteiger charge is 2.14. The molecular weight excluding hydrogens is 330 g/mol. The van der Waals surface area contributed by atoms with Crippen LogP contribution in [0.4, 0.5) is 0 Å². The van der Waals surface area contributed by atoms with E-state index in [0.717, 1.165) is 24.0 Å². The summed E-state index contributed by atoms with van der Waals surface area (Å²) in [6.45, 7) is 2.77. The van der Waals surface area contributed by atoms with Crippen molar-refractivity contribution in [3.63, 3.8) is 0 Å². The lowest BCUT2D eigenvalue weighted by atomic mass is 10.1. The van der Waals surface area contributed by atoms with Crippen LogP contribution in [0.25, 0.3) is 10.9 Å². The fraction of sp³-hybridized carbons (Fsp3) is 0.238. The molecule has 0 aliphatic carbocycles. The zero-order chi connectivity index (χ0) is 18.5. The molecule has 0 atom stereocenters. The summed E-state index contributed by atoms with van der Waals surface area (Å²) in [6.07, 6.45) is 3.68. The molecule has 5 nitrogen and oxygen atoms in total. The monoisotopic (exact) mass is 351 g/mol. The zero-order valence-corrected chi connectivity index (χ0v) is 14.6. The third-order valence-corrected chi connectivity index (χ3v) is 4.25. The number of ether oxygens (including phenoxy) is 1. The summed E-state index contributed by atoms with van der Waals surface area (Å²) in [5, 5.41) is 9.82. The highest BCUT2D eigenvalue weighted by molar-refractivity contribution is 6.03. The number of aliphatic carboxylic acids is 1. The molecule has 3 aromatic rings. The molecule has 1 heterocycles. The minimum Gasteiger partial charge on any atom is -0.494 e. The van der Waals surface area contributed by atoms with Crippen LogP contribution >= 0.6 is 0 Å². The van der Waals surface area contributed by atoms with Crippen LogP contribution in [-0.2, 0) is 11.2 Å². The van der Waals surface area contributed by atoms with Crippen LogP contribution in [0.2, 0.25) is 0 Å². The van der Waals surface area contributed by atoms with Gasteiger partial charge in [-0.15, -0.1) is 0 Å². The predicted molar refractivity (Wildman–Crippen MR) is 99.9 cm³/mol. The minimum absolute atomic E-state index is 0.0701. The summed E-state index contributed by atoms with van der Waals surface area (Å²) in [5.41, 5.74) is 1.95. The van der Waals surface area contributed by atoms with E-state index >= 15 is 0 Å². The molecule has 0 fully saturated rings. The van der Waals surface area contributed by atoms with Gasteiger partial charge in [-0.25, -0.2) is 0 Å². The molecule has 3 rings (SSSR count). The predicted octanol–water partition coefficient (Wildman–Crippen LogP) is 4.14. The number of hydrogen-bond donors (Lipinski definition) is 1. The van der Waals surface area contributed by atoms with Crippen LogP contribution in [-0.4, -0.2) is 28.2 Å². The molecule has 0 amide bonds. The van der Waals surface area contributed by atoms with E-state index in [1.54, 1.807) is 53.2 Å². The summed E-state index contributed by atoms with van der Waals surface area (Å²) >= 11 is 0. The minimum atomic E-state index is -0.893. The van der Waals surface area contributed by atoms with Gasteiger partial charge in [0.25, 0.3) is 5.91 Å². The van der Waals surface area contributed by atoms with Crippen molar-refractivity contribution >= 4 is 22.8 Å². The van der Waals surface area contributed by atoms with Crippen molar-refractivity contribution in [2.24, 2.45) is 0 Å². The molecule has 5 heteroatoms. The molecule has 0 unspecified atom stereocenters. The van der Waals surface area contributed by atoms with Crippen molar-refractivity contribution in [2.45, 2.75) is 26.2 Å². The van der Waals surface area contributed by atoms with Crippen molar-refractivity contribution in [1.29, 1.82) is 0 Å². The number of carbonyl (C=O) groups excluding carboxylic acids is 1. The molecular formula is C21H21NO4. The van der Waals surface area contributed by atoms with Gasteiger partial charge in [0.05, 0.1) is 18.5 Å². The topological polar surface area (TPSA) is 68.5 Å². The first-order valence-corrected chi connectivity index (χ1v) is 8.68. The average Bonchev–Trinajstić information content (AvgIpc) is 3.07. The Morgan fingerprint density at radius 3 is 2.54 bits per heavy atom. The second-order valence-corrected chi connectivity index (χ2v) is 6.14. The number of carboxylic acid groups (broad SMARTS) is 1. The van der Waals surface area contributed by atoms with Crippen molar-refractivity contribution in [1.82, 2.24) is 4.57 Å². The number of benzene rings is 2. The largest absolute Gasteiger partial charge is 0.494 e. The molecule has 0 aliphatic heterocycles. The van der Waals surface area contributed by atoms with Gasteiger partial charge < -0.3 is 9.84 Å². The van der Waals surface area contributed by atoms with Gasteiger partial charge in [0, 0.05) is 17.1 Å². The van der Waals surface area contributed by atoms with Crippen LogP contribution in [0.1, 0.15) is 35.7 Å². The number of unbranched alkanes of at least 4 members (excludes halogenated alkanes) is 1. The molecule has 0 saturated carbocycles. The Hall–Kier alpha value is -3.08. The second-order valence-electron chi connectivity index (χ2n) is 6.14. The van der Waals surface area contributed by atoms with E-state index in [1.807, 2.05) is 6.07 Å². The summed E-state index contributed by atoms with van der Waals surface area (Å²) in [7, 11) is 0.